The number of hydrogen-bond acceptors (Lipinski definition) is 6. The summed E-state index contributed by atoms with van der Waals surface area (Å²) in [4.78, 5) is 21.7. The Labute approximate surface area is 167 Å². The predicted molar refractivity (Wildman–Crippen MR) is 111 cm³/mol. The van der Waals surface area contributed by atoms with Gasteiger partial charge in [0.15, 0.2) is 12.1 Å². The van der Waals surface area contributed by atoms with Crippen LogP contribution >= 0.6 is 0 Å². The SMILES string of the molecule is O=C(O)c1cc2c3cc(ccc3n1)C=CC=CCOC=NC=CN1C=CC(C1)O2. The van der Waals surface area contributed by atoms with E-state index in [2.05, 4.69) is 9.98 Å². The summed E-state index contributed by atoms with van der Waals surface area (Å²) in [6.45, 7) is 1.01. The van der Waals surface area contributed by atoms with Crippen LogP contribution in [0.15, 0.2) is 72.2 Å². The predicted octanol–water partition coefficient (Wildman–Crippen LogP) is 3.61. The van der Waals surface area contributed by atoms with E-state index in [4.69, 9.17) is 9.47 Å². The molecule has 1 N–H and O–H groups in total. The number of aromatic nitrogens is 1. The molecule has 0 radical (unpaired) electrons. The molecule has 0 aliphatic carbocycles. The molecule has 2 aromatic rings. The standard InChI is InChI=1S/C22H19N3O4/c26-22(27)20-13-21-18-12-16(5-6-19(18)24-20)4-2-1-3-11-28-15-23-8-10-25-9-7-17(14-25)29-21/h1-10,12-13,15,17H,11,14H2,(H,26,27). The summed E-state index contributed by atoms with van der Waals surface area (Å²) in [6.07, 6.45) is 16.0. The van der Waals surface area contributed by atoms with Crippen molar-refractivity contribution >= 4 is 29.3 Å². The number of pyridine rings is 1. The first-order valence-corrected chi connectivity index (χ1v) is 9.11. The minimum absolute atomic E-state index is 0.0473. The highest BCUT2D eigenvalue weighted by molar-refractivity contribution is 5.94. The molecule has 1 atom stereocenters. The molecule has 0 saturated heterocycles. The first-order valence-electron chi connectivity index (χ1n) is 9.11. The maximum absolute atomic E-state index is 11.5. The number of carbonyl (C=O) groups is 1. The van der Waals surface area contributed by atoms with Gasteiger partial charge in [0.1, 0.15) is 18.5 Å². The Hall–Kier alpha value is -3.87. The molecule has 2 aliphatic rings. The molecule has 1 aromatic carbocycles. The van der Waals surface area contributed by atoms with Crippen molar-refractivity contribution in [3.63, 3.8) is 0 Å². The van der Waals surface area contributed by atoms with Crippen LogP contribution < -0.4 is 4.74 Å². The van der Waals surface area contributed by atoms with Gasteiger partial charge in [0.25, 0.3) is 0 Å². The molecule has 1 aromatic heterocycles. The molecule has 4 rings (SSSR count). The molecule has 29 heavy (non-hydrogen) atoms. The fourth-order valence-electron chi connectivity index (χ4n) is 3.01. The highest BCUT2D eigenvalue weighted by Crippen LogP contribution is 2.29. The van der Waals surface area contributed by atoms with E-state index < -0.39 is 5.97 Å². The zero-order valence-electron chi connectivity index (χ0n) is 15.5. The summed E-state index contributed by atoms with van der Waals surface area (Å²) in [6, 6.07) is 7.11. The number of aromatic carboxylic acids is 1. The van der Waals surface area contributed by atoms with Crippen LogP contribution in [-0.4, -0.2) is 46.6 Å². The average Bonchev–Trinajstić information content (AvgIpc) is 3.16. The first kappa shape index (κ1) is 18.5. The average molecular weight is 389 g/mol. The van der Waals surface area contributed by atoms with Crippen molar-refractivity contribution in [3.8, 4) is 5.75 Å². The molecule has 7 nitrogen and oxygen atoms in total. The monoisotopic (exact) mass is 389 g/mol. The molecular weight excluding hydrogens is 370 g/mol. The summed E-state index contributed by atoms with van der Waals surface area (Å²) < 4.78 is 11.4. The van der Waals surface area contributed by atoms with Gasteiger partial charge in [0, 0.05) is 30.1 Å². The third kappa shape index (κ3) is 4.52. The number of carboxylic acid groups (broad SMARTS) is 1. The third-order valence-corrected chi connectivity index (χ3v) is 4.38. The molecular formula is C22H19N3O4. The number of rotatable bonds is 1. The Kier molecular flexibility index (Phi) is 5.38. The maximum Gasteiger partial charge on any atom is 0.354 e. The second-order valence-electron chi connectivity index (χ2n) is 6.46. The van der Waals surface area contributed by atoms with E-state index >= 15 is 0 Å². The van der Waals surface area contributed by atoms with Gasteiger partial charge < -0.3 is 19.5 Å². The van der Waals surface area contributed by atoms with Gasteiger partial charge in [-0.05, 0) is 29.8 Å². The fourth-order valence-corrected chi connectivity index (χ4v) is 3.01. The van der Waals surface area contributed by atoms with E-state index in [-0.39, 0.29) is 11.8 Å². The second kappa shape index (κ2) is 8.43. The van der Waals surface area contributed by atoms with Crippen molar-refractivity contribution < 1.29 is 19.4 Å². The largest absolute Gasteiger partial charge is 0.484 e. The van der Waals surface area contributed by atoms with Gasteiger partial charge >= 0.3 is 5.97 Å². The van der Waals surface area contributed by atoms with E-state index in [9.17, 15) is 9.90 Å². The minimum atomic E-state index is -1.09. The molecule has 1 unspecified atom stereocenters. The van der Waals surface area contributed by atoms with Crippen LogP contribution in [0.1, 0.15) is 16.1 Å². The Morgan fingerprint density at radius 3 is 3.03 bits per heavy atom. The van der Waals surface area contributed by atoms with Crippen molar-refractivity contribution in [2.24, 2.45) is 4.99 Å². The van der Waals surface area contributed by atoms with E-state index in [0.29, 0.717) is 24.4 Å². The summed E-state index contributed by atoms with van der Waals surface area (Å²) in [5.74, 6) is -0.599. The molecule has 3 heterocycles. The molecule has 4 bridgehead atoms. The maximum atomic E-state index is 11.5. The number of carboxylic acids is 1. The van der Waals surface area contributed by atoms with E-state index in [0.717, 1.165) is 10.9 Å². The topological polar surface area (TPSA) is 84.2 Å². The quantitative estimate of drug-likeness (QED) is 0.802. The number of hydrogen-bond donors (Lipinski definition) is 1. The summed E-state index contributed by atoms with van der Waals surface area (Å²) in [5.41, 5.74) is 1.48. The van der Waals surface area contributed by atoms with Crippen molar-refractivity contribution in [1.82, 2.24) is 9.88 Å². The number of allylic oxidation sites excluding steroid dienone is 2. The van der Waals surface area contributed by atoms with Crippen molar-refractivity contribution in [2.75, 3.05) is 13.2 Å². The highest BCUT2D eigenvalue weighted by Gasteiger charge is 2.19. The number of aliphatic imine (C=N–C) groups is 1. The van der Waals surface area contributed by atoms with Crippen LogP contribution in [0.3, 0.4) is 0 Å². The Bertz CT molecular complexity index is 1070. The van der Waals surface area contributed by atoms with Gasteiger partial charge in [-0.3, -0.25) is 0 Å². The van der Waals surface area contributed by atoms with Gasteiger partial charge in [-0.2, -0.15) is 0 Å². The fraction of sp³-hybridized carbons (Fsp3) is 0.136. The smallest absolute Gasteiger partial charge is 0.354 e. The number of fused-ring (bicyclic) bond motifs is 3. The Morgan fingerprint density at radius 2 is 2.14 bits per heavy atom. The van der Waals surface area contributed by atoms with Crippen LogP contribution in [-0.2, 0) is 4.74 Å². The lowest BCUT2D eigenvalue weighted by Gasteiger charge is -2.17. The Morgan fingerprint density at radius 1 is 1.21 bits per heavy atom. The molecule has 0 amide bonds. The number of benzene rings is 1. The summed E-state index contributed by atoms with van der Waals surface area (Å²) in [7, 11) is 0. The Balaban J connectivity index is 1.75. The van der Waals surface area contributed by atoms with E-state index in [1.54, 1.807) is 12.3 Å². The lowest BCUT2D eigenvalue weighted by Crippen LogP contribution is -2.22. The van der Waals surface area contributed by atoms with Crippen LogP contribution in [0.5, 0.6) is 5.75 Å². The minimum Gasteiger partial charge on any atom is -0.484 e. The summed E-state index contributed by atoms with van der Waals surface area (Å²) in [5, 5.41) is 10.2. The van der Waals surface area contributed by atoms with Crippen molar-refractivity contribution in [3.05, 3.63) is 78.4 Å². The molecule has 0 fully saturated rings. The molecule has 0 spiro atoms. The normalized spacial score (nSPS) is 18.5. The number of ether oxygens (including phenoxy) is 2. The lowest BCUT2D eigenvalue weighted by atomic mass is 10.1. The van der Waals surface area contributed by atoms with Crippen LogP contribution in [0.2, 0.25) is 0 Å². The molecule has 146 valence electrons. The third-order valence-electron chi connectivity index (χ3n) is 4.38. The van der Waals surface area contributed by atoms with Gasteiger partial charge in [0.05, 0.1) is 12.1 Å². The van der Waals surface area contributed by atoms with Crippen LogP contribution in [0.4, 0.5) is 0 Å². The zero-order chi connectivity index (χ0) is 20.1. The van der Waals surface area contributed by atoms with Gasteiger partial charge in [-0.1, -0.05) is 24.3 Å². The first-order chi connectivity index (χ1) is 14.2. The van der Waals surface area contributed by atoms with Gasteiger partial charge in [-0.25, -0.2) is 14.8 Å². The summed E-state index contributed by atoms with van der Waals surface area (Å²) >= 11 is 0. The van der Waals surface area contributed by atoms with Crippen molar-refractivity contribution in [1.29, 1.82) is 0 Å². The van der Waals surface area contributed by atoms with Gasteiger partial charge in [-0.15, -0.1) is 0 Å². The zero-order valence-corrected chi connectivity index (χ0v) is 15.5. The highest BCUT2D eigenvalue weighted by atomic mass is 16.5. The van der Waals surface area contributed by atoms with E-state index in [1.807, 2.05) is 59.8 Å². The van der Waals surface area contributed by atoms with Crippen LogP contribution in [0, 0.1) is 0 Å². The van der Waals surface area contributed by atoms with E-state index in [1.165, 1.54) is 12.5 Å². The van der Waals surface area contributed by atoms with Crippen LogP contribution in [0.25, 0.3) is 17.0 Å². The van der Waals surface area contributed by atoms with Gasteiger partial charge in [0.2, 0.25) is 0 Å². The molecule has 2 aliphatic heterocycles. The second-order valence-corrected chi connectivity index (χ2v) is 6.46. The molecule has 7 heteroatoms. The number of nitrogens with zero attached hydrogens (tertiary/aromatic N) is 3. The molecule has 0 saturated carbocycles. The van der Waals surface area contributed by atoms with Crippen molar-refractivity contribution in [2.45, 2.75) is 6.10 Å². The lowest BCUT2D eigenvalue weighted by molar-refractivity contribution is 0.0690.